The highest BCUT2D eigenvalue weighted by molar-refractivity contribution is 8.00. The number of thioether (sulfide) groups is 1. The third-order valence-electron chi connectivity index (χ3n) is 4.83. The minimum atomic E-state index is -0.351. The van der Waals surface area contributed by atoms with E-state index < -0.39 is 0 Å². The topological polar surface area (TPSA) is 64.1 Å². The second-order valence-electron chi connectivity index (χ2n) is 7.64. The zero-order valence-electron chi connectivity index (χ0n) is 18.7. The monoisotopic (exact) mass is 523 g/mol. The Balaban J connectivity index is 1.53. The molecular weight excluding hydrogens is 497 g/mol. The number of carbonyl (C=O) groups excluding carboxylic acids is 1. The summed E-state index contributed by atoms with van der Waals surface area (Å²) in [6, 6.07) is 11.4. The zero-order chi connectivity index (χ0) is 23.6. The van der Waals surface area contributed by atoms with E-state index in [9.17, 15) is 4.79 Å². The maximum absolute atomic E-state index is 12.7. The van der Waals surface area contributed by atoms with Crippen LogP contribution in [0, 0.1) is 6.92 Å². The van der Waals surface area contributed by atoms with E-state index in [-0.39, 0.29) is 5.91 Å². The SMILES string of the molecule is CCCCCCCOc1c(Cl)cc(C(=O)Nc2nnc(SCc3cccc(C)c3)s2)cc1Cl. The molecule has 176 valence electrons. The van der Waals surface area contributed by atoms with Gasteiger partial charge in [-0.05, 0) is 31.0 Å². The number of aromatic nitrogens is 2. The van der Waals surface area contributed by atoms with E-state index in [2.05, 4.69) is 47.6 Å². The van der Waals surface area contributed by atoms with Crippen LogP contribution in [0.25, 0.3) is 0 Å². The Morgan fingerprint density at radius 3 is 2.58 bits per heavy atom. The normalized spacial score (nSPS) is 10.9. The van der Waals surface area contributed by atoms with Crippen LogP contribution in [0.15, 0.2) is 40.7 Å². The van der Waals surface area contributed by atoms with E-state index in [4.69, 9.17) is 27.9 Å². The fourth-order valence-corrected chi connectivity index (χ4v) is 5.43. The lowest BCUT2D eigenvalue weighted by Gasteiger charge is -2.11. The van der Waals surface area contributed by atoms with Gasteiger partial charge in [-0.25, -0.2) is 0 Å². The van der Waals surface area contributed by atoms with Crippen LogP contribution in [0.4, 0.5) is 5.13 Å². The van der Waals surface area contributed by atoms with Gasteiger partial charge in [0.05, 0.1) is 16.7 Å². The number of carbonyl (C=O) groups is 1. The van der Waals surface area contributed by atoms with Crippen LogP contribution in [-0.4, -0.2) is 22.7 Å². The van der Waals surface area contributed by atoms with Crippen molar-refractivity contribution in [3.8, 4) is 5.75 Å². The first kappa shape index (κ1) is 25.8. The second-order valence-corrected chi connectivity index (χ2v) is 10.7. The van der Waals surface area contributed by atoms with Gasteiger partial charge in [-0.15, -0.1) is 10.2 Å². The summed E-state index contributed by atoms with van der Waals surface area (Å²) in [4.78, 5) is 12.7. The molecule has 0 atom stereocenters. The van der Waals surface area contributed by atoms with Crippen LogP contribution in [0.1, 0.15) is 60.5 Å². The summed E-state index contributed by atoms with van der Waals surface area (Å²) in [6.45, 7) is 4.80. The molecule has 0 fully saturated rings. The fraction of sp³-hybridized carbons (Fsp3) is 0.375. The van der Waals surface area contributed by atoms with E-state index in [0.29, 0.717) is 33.1 Å². The van der Waals surface area contributed by atoms with Crippen molar-refractivity contribution in [1.29, 1.82) is 0 Å². The van der Waals surface area contributed by atoms with Gasteiger partial charge in [0.2, 0.25) is 5.13 Å². The first-order valence-electron chi connectivity index (χ1n) is 10.9. The molecule has 0 unspecified atom stereocenters. The van der Waals surface area contributed by atoms with Crippen molar-refractivity contribution < 1.29 is 9.53 Å². The van der Waals surface area contributed by atoms with E-state index in [1.807, 2.05) is 6.07 Å². The van der Waals surface area contributed by atoms with E-state index in [1.54, 1.807) is 23.9 Å². The number of nitrogens with zero attached hydrogens (tertiary/aromatic N) is 2. The van der Waals surface area contributed by atoms with Crippen molar-refractivity contribution in [2.75, 3.05) is 11.9 Å². The molecule has 1 amide bonds. The Labute approximate surface area is 213 Å². The molecule has 1 aromatic heterocycles. The smallest absolute Gasteiger partial charge is 0.257 e. The Bertz CT molecular complexity index is 1050. The lowest BCUT2D eigenvalue weighted by atomic mass is 10.2. The number of hydrogen-bond donors (Lipinski definition) is 1. The summed E-state index contributed by atoms with van der Waals surface area (Å²) >= 11 is 15.6. The molecule has 5 nitrogen and oxygen atoms in total. The largest absolute Gasteiger partial charge is 0.490 e. The number of hydrogen-bond acceptors (Lipinski definition) is 6. The molecule has 0 aliphatic carbocycles. The van der Waals surface area contributed by atoms with Crippen molar-refractivity contribution in [3.63, 3.8) is 0 Å². The Hall–Kier alpha value is -1.80. The molecule has 2 aromatic carbocycles. The van der Waals surface area contributed by atoms with Crippen LogP contribution in [0.2, 0.25) is 10.0 Å². The van der Waals surface area contributed by atoms with Crippen LogP contribution in [-0.2, 0) is 5.75 Å². The summed E-state index contributed by atoms with van der Waals surface area (Å²) in [5.41, 5.74) is 2.77. The second kappa shape index (κ2) is 13.2. The van der Waals surface area contributed by atoms with Gasteiger partial charge in [-0.2, -0.15) is 0 Å². The van der Waals surface area contributed by atoms with E-state index >= 15 is 0 Å². The maximum atomic E-state index is 12.7. The summed E-state index contributed by atoms with van der Waals surface area (Å²) in [6.07, 6.45) is 5.67. The van der Waals surface area contributed by atoms with Gasteiger partial charge in [-0.1, -0.05) is 109 Å². The summed E-state index contributed by atoms with van der Waals surface area (Å²) < 4.78 is 6.54. The van der Waals surface area contributed by atoms with Gasteiger partial charge >= 0.3 is 0 Å². The standard InChI is InChI=1S/C24H27Cl2N3O2S2/c1-3-4-5-6-7-11-31-21-19(25)13-18(14-20(21)26)22(30)27-23-28-29-24(33-23)32-15-17-10-8-9-16(2)12-17/h8-10,12-14H,3-7,11,15H2,1-2H3,(H,27,28,30). The molecule has 3 aromatic rings. The highest BCUT2D eigenvalue weighted by Crippen LogP contribution is 2.35. The number of anilines is 1. The van der Waals surface area contributed by atoms with Gasteiger partial charge in [0.25, 0.3) is 5.91 Å². The molecular formula is C24H27Cl2N3O2S2. The number of unbranched alkanes of at least 4 members (excludes halogenated alkanes) is 4. The molecule has 0 saturated heterocycles. The first-order valence-corrected chi connectivity index (χ1v) is 13.5. The Morgan fingerprint density at radius 1 is 1.09 bits per heavy atom. The molecule has 0 saturated carbocycles. The van der Waals surface area contributed by atoms with Gasteiger partial charge < -0.3 is 4.74 Å². The van der Waals surface area contributed by atoms with Crippen LogP contribution >= 0.6 is 46.3 Å². The lowest BCUT2D eigenvalue weighted by Crippen LogP contribution is -2.12. The van der Waals surface area contributed by atoms with Gasteiger partial charge in [-0.3, -0.25) is 10.1 Å². The Kier molecular flexibility index (Phi) is 10.3. The number of nitrogens with one attached hydrogen (secondary N) is 1. The van der Waals surface area contributed by atoms with E-state index in [0.717, 1.165) is 22.9 Å². The molecule has 0 bridgehead atoms. The number of ether oxygens (including phenoxy) is 1. The number of aryl methyl sites for hydroxylation is 1. The summed E-state index contributed by atoms with van der Waals surface area (Å²) in [7, 11) is 0. The highest BCUT2D eigenvalue weighted by atomic mass is 35.5. The van der Waals surface area contributed by atoms with Crippen molar-refractivity contribution in [3.05, 3.63) is 63.1 Å². The third kappa shape index (κ3) is 8.18. The lowest BCUT2D eigenvalue weighted by molar-refractivity contribution is 0.102. The molecule has 0 aliphatic rings. The summed E-state index contributed by atoms with van der Waals surface area (Å²) in [5, 5.41) is 12.0. The van der Waals surface area contributed by atoms with Crippen molar-refractivity contribution in [2.24, 2.45) is 0 Å². The van der Waals surface area contributed by atoms with Crippen LogP contribution in [0.3, 0.4) is 0 Å². The van der Waals surface area contributed by atoms with Crippen molar-refractivity contribution >= 4 is 57.3 Å². The molecule has 9 heteroatoms. The van der Waals surface area contributed by atoms with Crippen molar-refractivity contribution in [2.45, 2.75) is 56.0 Å². The van der Waals surface area contributed by atoms with Crippen molar-refractivity contribution in [1.82, 2.24) is 10.2 Å². The average Bonchev–Trinajstić information content (AvgIpc) is 3.23. The number of rotatable bonds is 12. The van der Waals surface area contributed by atoms with Gasteiger partial charge in [0, 0.05) is 11.3 Å². The number of halogens is 2. The number of amides is 1. The third-order valence-corrected chi connectivity index (χ3v) is 7.43. The molecule has 1 N–H and O–H groups in total. The zero-order valence-corrected chi connectivity index (χ0v) is 21.8. The molecule has 3 rings (SSSR count). The van der Waals surface area contributed by atoms with Crippen LogP contribution < -0.4 is 10.1 Å². The number of benzene rings is 2. The maximum Gasteiger partial charge on any atom is 0.257 e. The minimum absolute atomic E-state index is 0.313. The predicted octanol–water partition coefficient (Wildman–Crippen LogP) is 8.05. The Morgan fingerprint density at radius 2 is 1.85 bits per heavy atom. The molecule has 1 heterocycles. The fourth-order valence-electron chi connectivity index (χ4n) is 3.14. The molecule has 0 spiro atoms. The highest BCUT2D eigenvalue weighted by Gasteiger charge is 2.16. The van der Waals surface area contributed by atoms with E-state index in [1.165, 1.54) is 41.7 Å². The van der Waals surface area contributed by atoms with Gasteiger partial charge in [0.1, 0.15) is 0 Å². The molecule has 0 aliphatic heterocycles. The summed E-state index contributed by atoms with van der Waals surface area (Å²) in [5.74, 6) is 0.850. The minimum Gasteiger partial charge on any atom is -0.490 e. The first-order chi connectivity index (χ1) is 16.0. The van der Waals surface area contributed by atoms with Crippen LogP contribution in [0.5, 0.6) is 5.75 Å². The molecule has 0 radical (unpaired) electrons. The molecule has 33 heavy (non-hydrogen) atoms. The average molecular weight is 525 g/mol. The predicted molar refractivity (Wildman–Crippen MR) is 139 cm³/mol. The quantitative estimate of drug-likeness (QED) is 0.148. The van der Waals surface area contributed by atoms with Gasteiger partial charge in [0.15, 0.2) is 10.1 Å².